The molecule has 0 fully saturated rings. The number of sulfone groups is 1. The van der Waals surface area contributed by atoms with Crippen LogP contribution in [0.1, 0.15) is 12.2 Å². The zero-order valence-electron chi connectivity index (χ0n) is 8.65. The normalized spacial score (nSPS) is 11.0. The molecule has 0 aliphatic carbocycles. The third kappa shape index (κ3) is 3.80. The maximum absolute atomic E-state index is 11.0. The number of carbonyl (C=O) groups excluding carboxylic acids is 1. The van der Waals surface area contributed by atoms with Crippen LogP contribution in [0.4, 0.5) is 4.79 Å². The Bertz CT molecular complexity index is 542. The highest BCUT2D eigenvalue weighted by atomic mass is 32.2. The first-order valence-corrected chi connectivity index (χ1v) is 6.11. The molecular formula is C7H9N6O3S. The van der Waals surface area contributed by atoms with Gasteiger partial charge in [0.1, 0.15) is 6.54 Å². The molecule has 0 saturated carbocycles. The molecule has 1 rings (SSSR count). The maximum atomic E-state index is 11.0. The Hall–Kier alpha value is -2.02. The van der Waals surface area contributed by atoms with E-state index in [1.165, 1.54) is 6.42 Å². The topological polar surface area (TPSA) is 145 Å². The van der Waals surface area contributed by atoms with Crippen molar-refractivity contribution < 1.29 is 13.2 Å². The number of nitrogens with two attached hydrogens (primary N) is 1. The standard InChI is InChI=1S/C7H9N6O3S/c8-3-4-13-11-6(10-12-13)2-1-5-17(15,16)7(9)14/h2H,1,4-5H2,(H2,9,14). The molecule has 1 aromatic rings. The fourth-order valence-corrected chi connectivity index (χ4v) is 1.54. The first kappa shape index (κ1) is 13.0. The zero-order chi connectivity index (χ0) is 12.9. The van der Waals surface area contributed by atoms with Crippen molar-refractivity contribution in [2.45, 2.75) is 13.0 Å². The predicted molar refractivity (Wildman–Crippen MR) is 54.8 cm³/mol. The van der Waals surface area contributed by atoms with E-state index in [-0.39, 0.29) is 18.8 Å². The summed E-state index contributed by atoms with van der Waals surface area (Å²) in [6.07, 6.45) is 1.44. The Balaban J connectivity index is 2.46. The molecule has 2 N–H and O–H groups in total. The summed E-state index contributed by atoms with van der Waals surface area (Å²) in [5.41, 5.74) is 4.67. The van der Waals surface area contributed by atoms with Crippen molar-refractivity contribution in [2.75, 3.05) is 5.75 Å². The second-order valence-electron chi connectivity index (χ2n) is 2.97. The number of hydrogen-bond acceptors (Lipinski definition) is 7. The highest BCUT2D eigenvalue weighted by Gasteiger charge is 2.18. The molecule has 1 amide bonds. The van der Waals surface area contributed by atoms with Crippen LogP contribution in [-0.2, 0) is 16.4 Å². The Kier molecular flexibility index (Phi) is 4.11. The number of aromatic nitrogens is 4. The summed E-state index contributed by atoms with van der Waals surface area (Å²) in [7, 11) is -3.90. The number of amides is 1. The lowest BCUT2D eigenvalue weighted by atomic mass is 10.3. The summed E-state index contributed by atoms with van der Waals surface area (Å²) in [5.74, 6) is -0.213. The quantitative estimate of drug-likeness (QED) is 0.684. The van der Waals surface area contributed by atoms with E-state index in [1.54, 1.807) is 0 Å². The molecule has 1 radical (unpaired) electrons. The molecule has 10 heteroatoms. The van der Waals surface area contributed by atoms with Gasteiger partial charge in [-0.2, -0.15) is 5.26 Å². The number of carbonyl (C=O) groups is 1. The van der Waals surface area contributed by atoms with E-state index in [2.05, 4.69) is 21.1 Å². The summed E-state index contributed by atoms with van der Waals surface area (Å²) in [6, 6.07) is 1.82. The van der Waals surface area contributed by atoms with Crippen LogP contribution in [0.3, 0.4) is 0 Å². The van der Waals surface area contributed by atoms with Gasteiger partial charge in [0.25, 0.3) is 0 Å². The molecule has 1 heterocycles. The van der Waals surface area contributed by atoms with Gasteiger partial charge < -0.3 is 5.73 Å². The van der Waals surface area contributed by atoms with Gasteiger partial charge in [-0.1, -0.05) is 0 Å². The van der Waals surface area contributed by atoms with E-state index < -0.39 is 20.8 Å². The van der Waals surface area contributed by atoms with Gasteiger partial charge in [-0.25, -0.2) is 8.42 Å². The molecule has 0 atom stereocenters. The number of primary amides is 1. The second-order valence-corrected chi connectivity index (χ2v) is 5.01. The molecule has 0 spiro atoms. The maximum Gasteiger partial charge on any atom is 0.333 e. The predicted octanol–water partition coefficient (Wildman–Crippen LogP) is -1.37. The van der Waals surface area contributed by atoms with Gasteiger partial charge in [-0.15, -0.1) is 15.0 Å². The smallest absolute Gasteiger partial charge is 0.333 e. The van der Waals surface area contributed by atoms with E-state index in [1.807, 2.05) is 6.07 Å². The van der Waals surface area contributed by atoms with Gasteiger partial charge >= 0.3 is 5.24 Å². The summed E-state index contributed by atoms with van der Waals surface area (Å²) in [4.78, 5) is 11.6. The van der Waals surface area contributed by atoms with E-state index >= 15 is 0 Å². The van der Waals surface area contributed by atoms with Crippen LogP contribution in [0.15, 0.2) is 0 Å². The van der Waals surface area contributed by atoms with Crippen LogP contribution >= 0.6 is 0 Å². The SMILES string of the molecule is N#CCn1nnc([CH]CCS(=O)(=O)C(N)=O)n1. The number of nitrogens with zero attached hydrogens (tertiary/aromatic N) is 5. The van der Waals surface area contributed by atoms with Crippen LogP contribution in [0.5, 0.6) is 0 Å². The Labute approximate surface area is 97.1 Å². The third-order valence-corrected chi connectivity index (χ3v) is 3.09. The van der Waals surface area contributed by atoms with Crippen molar-refractivity contribution in [1.82, 2.24) is 20.2 Å². The third-order valence-electron chi connectivity index (χ3n) is 1.70. The van der Waals surface area contributed by atoms with Crippen molar-refractivity contribution in [2.24, 2.45) is 5.73 Å². The van der Waals surface area contributed by atoms with Gasteiger partial charge in [-0.3, -0.25) is 4.79 Å². The molecule has 0 aliphatic heterocycles. The summed E-state index contributed by atoms with van der Waals surface area (Å²) in [6.45, 7) is -0.0412. The van der Waals surface area contributed by atoms with Crippen molar-refractivity contribution in [1.29, 1.82) is 5.26 Å². The van der Waals surface area contributed by atoms with Crippen molar-refractivity contribution in [3.63, 3.8) is 0 Å². The van der Waals surface area contributed by atoms with Gasteiger partial charge in [0.2, 0.25) is 9.84 Å². The molecule has 1 aromatic heterocycles. The average Bonchev–Trinajstić information content (AvgIpc) is 2.66. The minimum Gasteiger partial charge on any atom is -0.356 e. The highest BCUT2D eigenvalue weighted by molar-refractivity contribution is 8.05. The lowest BCUT2D eigenvalue weighted by Crippen LogP contribution is -2.24. The van der Waals surface area contributed by atoms with Crippen LogP contribution in [-0.4, -0.2) is 39.6 Å². The molecule has 0 saturated heterocycles. The Morgan fingerprint density at radius 3 is 2.88 bits per heavy atom. The highest BCUT2D eigenvalue weighted by Crippen LogP contribution is 2.01. The van der Waals surface area contributed by atoms with Gasteiger partial charge in [-0.05, 0) is 11.6 Å². The largest absolute Gasteiger partial charge is 0.356 e. The first-order valence-electron chi connectivity index (χ1n) is 4.46. The fourth-order valence-electron chi connectivity index (χ4n) is 0.911. The van der Waals surface area contributed by atoms with Crippen LogP contribution in [0, 0.1) is 17.8 Å². The number of tetrazole rings is 1. The molecule has 9 nitrogen and oxygen atoms in total. The first-order chi connectivity index (χ1) is 7.95. The molecule has 17 heavy (non-hydrogen) atoms. The van der Waals surface area contributed by atoms with Gasteiger partial charge in [0.15, 0.2) is 5.82 Å². The fraction of sp³-hybridized carbons (Fsp3) is 0.429. The van der Waals surface area contributed by atoms with E-state index in [0.29, 0.717) is 0 Å². The molecule has 0 bridgehead atoms. The molecular weight excluding hydrogens is 248 g/mol. The van der Waals surface area contributed by atoms with Crippen LogP contribution < -0.4 is 5.73 Å². The summed E-state index contributed by atoms with van der Waals surface area (Å²) in [5, 5.41) is 17.9. The minimum atomic E-state index is -3.90. The average molecular weight is 257 g/mol. The molecule has 0 unspecified atom stereocenters. The van der Waals surface area contributed by atoms with Crippen LogP contribution in [0.25, 0.3) is 0 Å². The van der Waals surface area contributed by atoms with Crippen molar-refractivity contribution >= 4 is 15.1 Å². The lowest BCUT2D eigenvalue weighted by molar-refractivity contribution is 0.265. The van der Waals surface area contributed by atoms with Gasteiger partial charge in [0, 0.05) is 6.42 Å². The molecule has 0 aromatic carbocycles. The van der Waals surface area contributed by atoms with Crippen molar-refractivity contribution in [3.8, 4) is 6.07 Å². The summed E-state index contributed by atoms with van der Waals surface area (Å²) < 4.78 is 22.1. The number of hydrogen-bond donors (Lipinski definition) is 1. The van der Waals surface area contributed by atoms with E-state index in [9.17, 15) is 13.2 Å². The Morgan fingerprint density at radius 2 is 2.29 bits per heavy atom. The zero-order valence-corrected chi connectivity index (χ0v) is 9.46. The minimum absolute atomic E-state index is 0.0412. The molecule has 91 valence electrons. The van der Waals surface area contributed by atoms with Gasteiger partial charge in [0.05, 0.1) is 11.8 Å². The summed E-state index contributed by atoms with van der Waals surface area (Å²) >= 11 is 0. The van der Waals surface area contributed by atoms with E-state index in [0.717, 1.165) is 4.80 Å². The monoisotopic (exact) mass is 257 g/mol. The second kappa shape index (κ2) is 5.35. The number of rotatable bonds is 5. The van der Waals surface area contributed by atoms with Crippen LogP contribution in [0.2, 0.25) is 0 Å². The lowest BCUT2D eigenvalue weighted by Gasteiger charge is -1.96. The molecule has 0 aliphatic rings. The van der Waals surface area contributed by atoms with E-state index in [4.69, 9.17) is 5.26 Å². The van der Waals surface area contributed by atoms with Crippen molar-refractivity contribution in [3.05, 3.63) is 12.2 Å². The number of nitriles is 1. The Morgan fingerprint density at radius 1 is 1.59 bits per heavy atom.